The van der Waals surface area contributed by atoms with Gasteiger partial charge in [0, 0.05) is 31.4 Å². The Balaban J connectivity index is 1.71. The average Bonchev–Trinajstić information content (AvgIpc) is 3.33. The molecule has 0 radical (unpaired) electrons. The summed E-state index contributed by atoms with van der Waals surface area (Å²) in [5, 5.41) is 11.6. The van der Waals surface area contributed by atoms with E-state index in [2.05, 4.69) is 27.5 Å². The number of rotatable bonds is 5. The van der Waals surface area contributed by atoms with Crippen molar-refractivity contribution in [3.05, 3.63) is 18.5 Å². The molecule has 9 nitrogen and oxygen atoms in total. The molecule has 3 aromatic heterocycles. The van der Waals surface area contributed by atoms with Crippen LogP contribution < -0.4 is 10.6 Å². The van der Waals surface area contributed by atoms with Crippen LogP contribution in [0.15, 0.2) is 18.5 Å². The van der Waals surface area contributed by atoms with Crippen molar-refractivity contribution in [3.8, 4) is 0 Å². The van der Waals surface area contributed by atoms with E-state index < -0.39 is 11.8 Å². The van der Waals surface area contributed by atoms with Gasteiger partial charge in [-0.3, -0.25) is 14.3 Å². The van der Waals surface area contributed by atoms with Gasteiger partial charge in [0.05, 0.1) is 23.6 Å². The molecule has 1 saturated carbocycles. The van der Waals surface area contributed by atoms with Crippen LogP contribution in [0.1, 0.15) is 38.6 Å². The summed E-state index contributed by atoms with van der Waals surface area (Å²) in [6, 6.07) is 2.22. The number of hydrogen-bond donors (Lipinski definition) is 3. The quantitative estimate of drug-likeness (QED) is 0.451. The molecular weight excluding hydrogens is 372 g/mol. The Hall–Kier alpha value is -2.94. The molecule has 0 bridgehead atoms. The predicted octanol–water partition coefficient (Wildman–Crippen LogP) is 2.36. The first-order valence-electron chi connectivity index (χ1n) is 10.0. The molecule has 3 aromatic rings. The lowest BCUT2D eigenvalue weighted by Crippen LogP contribution is -2.37. The molecule has 0 saturated heterocycles. The summed E-state index contributed by atoms with van der Waals surface area (Å²) in [7, 11) is 1.53. The number of pyridine rings is 1. The molecule has 3 heterocycles. The van der Waals surface area contributed by atoms with E-state index in [0.29, 0.717) is 18.3 Å². The van der Waals surface area contributed by atoms with Crippen LogP contribution in [0.4, 0.5) is 5.82 Å². The molecule has 0 aliphatic heterocycles. The Morgan fingerprint density at radius 1 is 1.28 bits per heavy atom. The first kappa shape index (κ1) is 19.4. The van der Waals surface area contributed by atoms with E-state index in [4.69, 9.17) is 9.84 Å². The Morgan fingerprint density at radius 3 is 2.90 bits per heavy atom. The molecule has 4 rings (SSSR count). The highest BCUT2D eigenvalue weighted by atomic mass is 16.5. The molecule has 154 valence electrons. The summed E-state index contributed by atoms with van der Waals surface area (Å²) in [5.74, 6) is -0.625. The number of H-pyrrole nitrogens is 1. The number of methoxy groups -OCH3 is 1. The second-order valence-corrected chi connectivity index (χ2v) is 7.59. The molecule has 0 aromatic carbocycles. The maximum atomic E-state index is 12.4. The highest BCUT2D eigenvalue weighted by molar-refractivity contribution is 6.40. The van der Waals surface area contributed by atoms with E-state index in [1.165, 1.54) is 13.5 Å². The third kappa shape index (κ3) is 3.69. The first-order valence-corrected chi connectivity index (χ1v) is 10.0. The average molecular weight is 398 g/mol. The van der Waals surface area contributed by atoms with Gasteiger partial charge in [-0.05, 0) is 24.8 Å². The molecule has 1 aliphatic carbocycles. The second kappa shape index (κ2) is 8.20. The molecule has 0 unspecified atom stereocenters. The fraction of sp³-hybridized carbons (Fsp3) is 0.500. The molecule has 3 N–H and O–H groups in total. The van der Waals surface area contributed by atoms with Crippen LogP contribution in [0.3, 0.4) is 0 Å². The summed E-state index contributed by atoms with van der Waals surface area (Å²) < 4.78 is 6.91. The number of amides is 2. The van der Waals surface area contributed by atoms with Crippen LogP contribution in [0, 0.1) is 5.92 Å². The fourth-order valence-corrected chi connectivity index (χ4v) is 4.13. The van der Waals surface area contributed by atoms with Crippen molar-refractivity contribution < 1.29 is 14.3 Å². The van der Waals surface area contributed by atoms with Crippen LogP contribution in [-0.4, -0.2) is 51.8 Å². The largest absolute Gasteiger partial charge is 0.383 e. The predicted molar refractivity (Wildman–Crippen MR) is 110 cm³/mol. The van der Waals surface area contributed by atoms with Crippen LogP contribution in [0.25, 0.3) is 21.9 Å². The third-order valence-electron chi connectivity index (χ3n) is 5.66. The first-order chi connectivity index (χ1) is 14.1. The number of ether oxygens (including phenoxy) is 1. The van der Waals surface area contributed by atoms with Crippen molar-refractivity contribution in [2.75, 3.05) is 25.6 Å². The number of hydrogen-bond acceptors (Lipinski definition) is 5. The van der Waals surface area contributed by atoms with Gasteiger partial charge in [0.25, 0.3) is 0 Å². The van der Waals surface area contributed by atoms with Crippen molar-refractivity contribution >= 4 is 39.6 Å². The standard InChI is InChI=1S/C20H26N6O3/c1-12-5-3-4-6-15(12)26-16-13-7-8-21-17(13)23-11-14(16)18(25-26)24-20(28)19(27)22-9-10-29-2/h7-8,11-12,15H,3-6,9-10H2,1-2H3,(H,21,23)(H,22,27)(H,24,25,28)/t12-,15-/m1/s1. The monoisotopic (exact) mass is 398 g/mol. The molecule has 29 heavy (non-hydrogen) atoms. The van der Waals surface area contributed by atoms with E-state index >= 15 is 0 Å². The lowest BCUT2D eigenvalue weighted by Gasteiger charge is -2.29. The van der Waals surface area contributed by atoms with Gasteiger partial charge >= 0.3 is 11.8 Å². The van der Waals surface area contributed by atoms with E-state index in [-0.39, 0.29) is 12.6 Å². The Kier molecular flexibility index (Phi) is 5.48. The zero-order valence-corrected chi connectivity index (χ0v) is 16.7. The second-order valence-electron chi connectivity index (χ2n) is 7.59. The number of nitrogens with one attached hydrogen (secondary N) is 3. The highest BCUT2D eigenvalue weighted by Crippen LogP contribution is 2.38. The Morgan fingerprint density at radius 2 is 2.10 bits per heavy atom. The normalized spacial score (nSPS) is 19.5. The summed E-state index contributed by atoms with van der Waals surface area (Å²) in [4.78, 5) is 32.0. The zero-order valence-electron chi connectivity index (χ0n) is 16.7. The van der Waals surface area contributed by atoms with Crippen molar-refractivity contribution in [1.82, 2.24) is 25.1 Å². The maximum absolute atomic E-state index is 12.4. The van der Waals surface area contributed by atoms with E-state index in [1.54, 1.807) is 6.20 Å². The smallest absolute Gasteiger partial charge is 0.314 e. The lowest BCUT2D eigenvalue weighted by molar-refractivity contribution is -0.136. The molecule has 0 spiro atoms. The fourth-order valence-electron chi connectivity index (χ4n) is 4.13. The summed E-state index contributed by atoms with van der Waals surface area (Å²) in [6.07, 6.45) is 8.11. The number of aromatic nitrogens is 4. The molecule has 9 heteroatoms. The van der Waals surface area contributed by atoms with Gasteiger partial charge in [-0.1, -0.05) is 19.8 Å². The van der Waals surface area contributed by atoms with Crippen molar-refractivity contribution in [1.29, 1.82) is 0 Å². The van der Waals surface area contributed by atoms with Crippen molar-refractivity contribution in [2.24, 2.45) is 5.92 Å². The number of carbonyl (C=O) groups excluding carboxylic acids is 2. The molecular formula is C20H26N6O3. The van der Waals surface area contributed by atoms with Crippen LogP contribution in [0.5, 0.6) is 0 Å². The Bertz CT molecular complexity index is 1040. The van der Waals surface area contributed by atoms with Gasteiger partial charge in [-0.2, -0.15) is 5.10 Å². The zero-order chi connectivity index (χ0) is 20.4. The van der Waals surface area contributed by atoms with E-state index in [0.717, 1.165) is 41.2 Å². The van der Waals surface area contributed by atoms with Gasteiger partial charge in [0.1, 0.15) is 5.65 Å². The molecule has 1 fully saturated rings. The summed E-state index contributed by atoms with van der Waals surface area (Å²) in [6.45, 7) is 2.85. The van der Waals surface area contributed by atoms with Gasteiger partial charge in [0.15, 0.2) is 5.82 Å². The minimum atomic E-state index is -0.751. The number of aromatic amines is 1. The third-order valence-corrected chi connectivity index (χ3v) is 5.66. The lowest BCUT2D eigenvalue weighted by atomic mass is 9.86. The summed E-state index contributed by atoms with van der Waals surface area (Å²) in [5.41, 5.74) is 1.71. The van der Waals surface area contributed by atoms with Crippen LogP contribution in [0.2, 0.25) is 0 Å². The molecule has 1 aliphatic rings. The minimum absolute atomic E-state index is 0.243. The Labute approximate surface area is 168 Å². The summed E-state index contributed by atoms with van der Waals surface area (Å²) >= 11 is 0. The van der Waals surface area contributed by atoms with Crippen LogP contribution >= 0.6 is 0 Å². The van der Waals surface area contributed by atoms with E-state index in [9.17, 15) is 9.59 Å². The van der Waals surface area contributed by atoms with Crippen LogP contribution in [-0.2, 0) is 14.3 Å². The van der Waals surface area contributed by atoms with Gasteiger partial charge in [0.2, 0.25) is 0 Å². The van der Waals surface area contributed by atoms with Gasteiger partial charge < -0.3 is 20.4 Å². The topological polar surface area (TPSA) is 114 Å². The number of nitrogens with zero attached hydrogens (tertiary/aromatic N) is 3. The van der Waals surface area contributed by atoms with Crippen molar-refractivity contribution in [2.45, 2.75) is 38.6 Å². The van der Waals surface area contributed by atoms with Gasteiger partial charge in [-0.25, -0.2) is 4.98 Å². The number of carbonyl (C=O) groups is 2. The van der Waals surface area contributed by atoms with Crippen molar-refractivity contribution in [3.63, 3.8) is 0 Å². The molecule has 2 amide bonds. The molecule has 2 atom stereocenters. The van der Waals surface area contributed by atoms with Gasteiger partial charge in [-0.15, -0.1) is 0 Å². The number of fused-ring (bicyclic) bond motifs is 3. The van der Waals surface area contributed by atoms with E-state index in [1.807, 2.05) is 16.9 Å². The highest BCUT2D eigenvalue weighted by Gasteiger charge is 2.28. The SMILES string of the molecule is COCCNC(=O)C(=O)Nc1nn([C@@H]2CCCC[C@H]2C)c2c1cnc1[nH]ccc12. The number of anilines is 1. The minimum Gasteiger partial charge on any atom is -0.383 e. The maximum Gasteiger partial charge on any atom is 0.314 e.